The lowest BCUT2D eigenvalue weighted by molar-refractivity contribution is 0.0548. The molecule has 1 atom stereocenters. The maximum atomic E-state index is 4.63. The lowest BCUT2D eigenvalue weighted by Gasteiger charge is -2.48. The zero-order valence-electron chi connectivity index (χ0n) is 12.8. The fourth-order valence-electron chi connectivity index (χ4n) is 3.64. The van der Waals surface area contributed by atoms with E-state index in [0.29, 0.717) is 6.04 Å². The van der Waals surface area contributed by atoms with Crippen molar-refractivity contribution in [2.45, 2.75) is 57.2 Å². The molecule has 0 radical (unpaired) electrons. The Morgan fingerprint density at radius 2 is 2.05 bits per heavy atom. The maximum Gasteiger partial charge on any atom is 0.127 e. The van der Waals surface area contributed by atoms with Crippen molar-refractivity contribution in [2.75, 3.05) is 21.1 Å². The number of hydrogen-bond donors (Lipinski definition) is 1. The summed E-state index contributed by atoms with van der Waals surface area (Å²) < 4.78 is 2.26. The normalized spacial score (nSPS) is 20.7. The van der Waals surface area contributed by atoms with Gasteiger partial charge in [-0.15, -0.1) is 0 Å². The molecule has 0 bridgehead atoms. The highest BCUT2D eigenvalue weighted by Gasteiger charge is 2.43. The van der Waals surface area contributed by atoms with E-state index in [2.05, 4.69) is 54.0 Å². The van der Waals surface area contributed by atoms with Crippen molar-refractivity contribution in [3.63, 3.8) is 0 Å². The molecule has 1 aromatic rings. The molecule has 4 heteroatoms. The van der Waals surface area contributed by atoms with Crippen LogP contribution in [0.4, 0.5) is 0 Å². The molecule has 1 aliphatic carbocycles. The van der Waals surface area contributed by atoms with Crippen LogP contribution in [0.1, 0.15) is 50.9 Å². The third-order valence-electron chi connectivity index (χ3n) is 4.78. The summed E-state index contributed by atoms with van der Waals surface area (Å²) in [4.78, 5) is 7.05. The van der Waals surface area contributed by atoms with Crippen molar-refractivity contribution in [1.29, 1.82) is 0 Å². The quantitative estimate of drug-likeness (QED) is 0.886. The maximum absolute atomic E-state index is 4.63. The molecule has 1 aromatic heterocycles. The van der Waals surface area contributed by atoms with Gasteiger partial charge < -0.3 is 14.8 Å². The molecular weight excluding hydrogens is 236 g/mol. The number of nitrogens with one attached hydrogen (secondary N) is 1. The Morgan fingerprint density at radius 3 is 2.58 bits per heavy atom. The molecule has 108 valence electrons. The Hall–Kier alpha value is -0.870. The van der Waals surface area contributed by atoms with Crippen molar-refractivity contribution < 1.29 is 0 Å². The minimum absolute atomic E-state index is 0.200. The summed E-state index contributed by atoms with van der Waals surface area (Å²) in [5, 5.41) is 3.55. The molecule has 2 rings (SSSR count). The second-order valence-electron chi connectivity index (χ2n) is 5.85. The average Bonchev–Trinajstić information content (AvgIpc) is 2.88. The van der Waals surface area contributed by atoms with Gasteiger partial charge in [0.1, 0.15) is 5.82 Å². The number of aryl methyl sites for hydroxylation is 1. The van der Waals surface area contributed by atoms with E-state index in [1.54, 1.807) is 0 Å². The predicted molar refractivity (Wildman–Crippen MR) is 79.2 cm³/mol. The van der Waals surface area contributed by atoms with Crippen LogP contribution >= 0.6 is 0 Å². The topological polar surface area (TPSA) is 33.1 Å². The van der Waals surface area contributed by atoms with Crippen LogP contribution < -0.4 is 5.32 Å². The van der Waals surface area contributed by atoms with E-state index >= 15 is 0 Å². The summed E-state index contributed by atoms with van der Waals surface area (Å²) in [6.45, 7) is 3.16. The van der Waals surface area contributed by atoms with E-state index in [0.717, 1.165) is 6.54 Å². The molecule has 1 aliphatic rings. The van der Waals surface area contributed by atoms with Crippen LogP contribution in [0, 0.1) is 0 Å². The van der Waals surface area contributed by atoms with Crippen LogP contribution in [0.5, 0.6) is 0 Å². The van der Waals surface area contributed by atoms with E-state index in [4.69, 9.17) is 0 Å². The fourth-order valence-corrected chi connectivity index (χ4v) is 3.64. The van der Waals surface area contributed by atoms with E-state index < -0.39 is 0 Å². The molecular formula is C15H28N4. The monoisotopic (exact) mass is 264 g/mol. The van der Waals surface area contributed by atoms with Crippen molar-refractivity contribution in [3.8, 4) is 0 Å². The molecule has 0 spiro atoms. The Kier molecular flexibility index (Phi) is 4.63. The molecule has 0 aliphatic heterocycles. The van der Waals surface area contributed by atoms with Gasteiger partial charge in [-0.2, -0.15) is 0 Å². The zero-order chi connectivity index (χ0) is 13.9. The first kappa shape index (κ1) is 14.5. The van der Waals surface area contributed by atoms with E-state index in [1.807, 2.05) is 6.20 Å². The Labute approximate surface area is 117 Å². The molecule has 1 fully saturated rings. The van der Waals surface area contributed by atoms with E-state index in [9.17, 15) is 0 Å². The number of aromatic nitrogens is 2. The third kappa shape index (κ3) is 2.56. The summed E-state index contributed by atoms with van der Waals surface area (Å²) in [5.74, 6) is 1.18. The molecule has 0 amide bonds. The SMILES string of the molecule is CCn1ccnc1C(NC)C1(N(C)C)CCCCC1. The summed E-state index contributed by atoms with van der Waals surface area (Å²) >= 11 is 0. The van der Waals surface area contributed by atoms with Crippen molar-refractivity contribution >= 4 is 0 Å². The first-order valence-electron chi connectivity index (χ1n) is 7.51. The van der Waals surface area contributed by atoms with Gasteiger partial charge in [0.25, 0.3) is 0 Å². The highest BCUT2D eigenvalue weighted by atomic mass is 15.2. The van der Waals surface area contributed by atoms with Gasteiger partial charge in [0.2, 0.25) is 0 Å². The largest absolute Gasteiger partial charge is 0.334 e. The van der Waals surface area contributed by atoms with Gasteiger partial charge in [-0.25, -0.2) is 4.98 Å². The predicted octanol–water partition coefficient (Wildman–Crippen LogP) is 2.43. The number of likely N-dealkylation sites (N-methyl/N-ethyl adjacent to an activating group) is 2. The summed E-state index contributed by atoms with van der Waals surface area (Å²) in [5.41, 5.74) is 0.200. The summed E-state index contributed by atoms with van der Waals surface area (Å²) in [7, 11) is 6.50. The molecule has 1 unspecified atom stereocenters. The highest BCUT2D eigenvalue weighted by Crippen LogP contribution is 2.41. The van der Waals surface area contributed by atoms with Gasteiger partial charge in [0.05, 0.1) is 6.04 Å². The van der Waals surface area contributed by atoms with Crippen LogP contribution in [0.2, 0.25) is 0 Å². The second kappa shape index (κ2) is 6.06. The minimum atomic E-state index is 0.200. The van der Waals surface area contributed by atoms with Crippen molar-refractivity contribution in [1.82, 2.24) is 19.8 Å². The smallest absolute Gasteiger partial charge is 0.127 e. The first-order chi connectivity index (χ1) is 9.15. The molecule has 19 heavy (non-hydrogen) atoms. The van der Waals surface area contributed by atoms with Crippen LogP contribution in [0.25, 0.3) is 0 Å². The number of imidazole rings is 1. The Morgan fingerprint density at radius 1 is 1.37 bits per heavy atom. The fraction of sp³-hybridized carbons (Fsp3) is 0.800. The Bertz CT molecular complexity index is 391. The van der Waals surface area contributed by atoms with Gasteiger partial charge in [-0.3, -0.25) is 0 Å². The summed E-state index contributed by atoms with van der Waals surface area (Å²) in [6.07, 6.45) is 10.5. The van der Waals surface area contributed by atoms with Crippen LogP contribution in [0.3, 0.4) is 0 Å². The standard InChI is InChI=1S/C15H28N4/c1-5-19-12-11-17-14(19)13(16-2)15(18(3)4)9-7-6-8-10-15/h11-13,16H,5-10H2,1-4H3. The second-order valence-corrected chi connectivity index (χ2v) is 5.85. The molecule has 1 saturated carbocycles. The van der Waals surface area contributed by atoms with Gasteiger partial charge in [-0.05, 0) is 40.9 Å². The average molecular weight is 264 g/mol. The molecule has 0 saturated heterocycles. The summed E-state index contributed by atoms with van der Waals surface area (Å²) in [6, 6.07) is 0.303. The zero-order valence-corrected chi connectivity index (χ0v) is 12.8. The van der Waals surface area contributed by atoms with Crippen molar-refractivity contribution in [2.24, 2.45) is 0 Å². The van der Waals surface area contributed by atoms with E-state index in [-0.39, 0.29) is 5.54 Å². The van der Waals surface area contributed by atoms with Crippen LogP contribution in [-0.2, 0) is 6.54 Å². The van der Waals surface area contributed by atoms with Crippen LogP contribution in [-0.4, -0.2) is 41.1 Å². The van der Waals surface area contributed by atoms with E-state index in [1.165, 1.54) is 37.9 Å². The number of nitrogens with zero attached hydrogens (tertiary/aromatic N) is 3. The lowest BCUT2D eigenvalue weighted by atomic mass is 9.75. The third-order valence-corrected chi connectivity index (χ3v) is 4.78. The Balaban J connectivity index is 2.37. The van der Waals surface area contributed by atoms with Crippen molar-refractivity contribution in [3.05, 3.63) is 18.2 Å². The first-order valence-corrected chi connectivity index (χ1v) is 7.51. The lowest BCUT2D eigenvalue weighted by Crippen LogP contribution is -2.55. The number of rotatable bonds is 5. The van der Waals surface area contributed by atoms with Gasteiger partial charge in [-0.1, -0.05) is 19.3 Å². The molecule has 4 nitrogen and oxygen atoms in total. The molecule has 0 aromatic carbocycles. The highest BCUT2D eigenvalue weighted by molar-refractivity contribution is 5.11. The van der Waals surface area contributed by atoms with Gasteiger partial charge >= 0.3 is 0 Å². The van der Waals surface area contributed by atoms with Gasteiger partial charge in [0, 0.05) is 24.5 Å². The number of hydrogen-bond acceptors (Lipinski definition) is 3. The molecule has 1 N–H and O–H groups in total. The molecule has 1 heterocycles. The van der Waals surface area contributed by atoms with Crippen LogP contribution in [0.15, 0.2) is 12.4 Å². The minimum Gasteiger partial charge on any atom is -0.334 e. The van der Waals surface area contributed by atoms with Gasteiger partial charge in [0.15, 0.2) is 0 Å².